The van der Waals surface area contributed by atoms with Gasteiger partial charge in [0.2, 0.25) is 0 Å². The summed E-state index contributed by atoms with van der Waals surface area (Å²) in [6.07, 6.45) is 1.19. The van der Waals surface area contributed by atoms with Crippen LogP contribution in [0.1, 0.15) is 23.4 Å². The van der Waals surface area contributed by atoms with Crippen LogP contribution in [-0.4, -0.2) is 20.3 Å². The summed E-state index contributed by atoms with van der Waals surface area (Å²) in [7, 11) is 0. The van der Waals surface area contributed by atoms with Crippen LogP contribution in [0, 0.1) is 0 Å². The van der Waals surface area contributed by atoms with Crippen molar-refractivity contribution in [3.63, 3.8) is 0 Å². The molecule has 3 aromatic rings. The van der Waals surface area contributed by atoms with Crippen molar-refractivity contribution in [3.8, 4) is 16.9 Å². The third-order valence-corrected chi connectivity index (χ3v) is 5.47. The van der Waals surface area contributed by atoms with Crippen molar-refractivity contribution in [2.45, 2.75) is 31.2 Å². The number of alkyl halides is 4. The van der Waals surface area contributed by atoms with Crippen LogP contribution in [0.2, 0.25) is 0 Å². The smallest absolute Gasteiger partial charge is 0.435 e. The predicted molar refractivity (Wildman–Crippen MR) is 117 cm³/mol. The Balaban J connectivity index is 1.55. The molecule has 8 heteroatoms. The highest BCUT2D eigenvalue weighted by molar-refractivity contribution is 6.25. The second kappa shape index (κ2) is 9.22. The van der Waals surface area contributed by atoms with Crippen LogP contribution in [0.15, 0.2) is 72.8 Å². The molecule has 0 bridgehead atoms. The predicted octanol–water partition coefficient (Wildman–Crippen LogP) is 6.05. The molecule has 1 atom stereocenters. The second-order valence-electron chi connectivity index (χ2n) is 7.32. The summed E-state index contributed by atoms with van der Waals surface area (Å²) in [6.45, 7) is -0.148. The highest BCUT2D eigenvalue weighted by Gasteiger charge is 2.36. The van der Waals surface area contributed by atoms with Gasteiger partial charge in [-0.15, -0.1) is 11.6 Å². The molecular formula is C24H20ClF3N2O2. The molecule has 4 rings (SSSR count). The topological polar surface area (TPSA) is 47.3 Å². The van der Waals surface area contributed by atoms with E-state index in [9.17, 15) is 18.3 Å². The van der Waals surface area contributed by atoms with Gasteiger partial charge in [-0.2, -0.15) is 18.3 Å². The van der Waals surface area contributed by atoms with E-state index >= 15 is 0 Å². The van der Waals surface area contributed by atoms with Gasteiger partial charge in [-0.05, 0) is 53.5 Å². The van der Waals surface area contributed by atoms with E-state index in [0.717, 1.165) is 22.8 Å². The largest absolute Gasteiger partial charge is 0.487 e. The van der Waals surface area contributed by atoms with Crippen LogP contribution in [0.3, 0.4) is 0 Å². The summed E-state index contributed by atoms with van der Waals surface area (Å²) >= 11 is 6.31. The summed E-state index contributed by atoms with van der Waals surface area (Å²) in [5.74, 6) is 0.508. The van der Waals surface area contributed by atoms with E-state index in [4.69, 9.17) is 16.3 Å². The molecule has 0 saturated carbocycles. The first kappa shape index (κ1) is 22.2. The van der Waals surface area contributed by atoms with Gasteiger partial charge in [0.1, 0.15) is 12.4 Å². The lowest BCUT2D eigenvalue weighted by Crippen LogP contribution is -2.16. The Labute approximate surface area is 188 Å². The van der Waals surface area contributed by atoms with E-state index < -0.39 is 17.2 Å². The van der Waals surface area contributed by atoms with Gasteiger partial charge in [-0.1, -0.05) is 42.5 Å². The lowest BCUT2D eigenvalue weighted by Gasteiger charge is -2.18. The van der Waals surface area contributed by atoms with Crippen LogP contribution in [0.5, 0.6) is 5.75 Å². The van der Waals surface area contributed by atoms with Crippen LogP contribution in [0.25, 0.3) is 16.8 Å². The first-order valence-corrected chi connectivity index (χ1v) is 10.4. The van der Waals surface area contributed by atoms with Gasteiger partial charge >= 0.3 is 6.18 Å². The Hall–Kier alpha value is -3.03. The number of hydrogen-bond donors (Lipinski definition) is 1. The van der Waals surface area contributed by atoms with Gasteiger partial charge in [-0.25, -0.2) is 4.68 Å². The number of allylic oxidation sites excluding steroid dienone is 4. The van der Waals surface area contributed by atoms with Crippen LogP contribution >= 0.6 is 11.6 Å². The molecule has 1 aromatic heterocycles. The fourth-order valence-electron chi connectivity index (χ4n) is 3.43. The average Bonchev–Trinajstić information content (AvgIpc) is 3.23. The Morgan fingerprint density at radius 1 is 1.09 bits per heavy atom. The Bertz CT molecular complexity index is 1150. The second-order valence-corrected chi connectivity index (χ2v) is 7.85. The molecule has 166 valence electrons. The molecule has 1 N–H and O–H groups in total. The summed E-state index contributed by atoms with van der Waals surface area (Å²) < 4.78 is 46.8. The van der Waals surface area contributed by atoms with E-state index in [1.165, 1.54) is 4.68 Å². The number of halogens is 4. The number of nitrogens with zero attached hydrogens (tertiary/aromatic N) is 2. The Morgan fingerprint density at radius 3 is 2.56 bits per heavy atom. The number of ether oxygens (including phenoxy) is 1. The van der Waals surface area contributed by atoms with Crippen LogP contribution in [-0.2, 0) is 19.4 Å². The third-order valence-electron chi connectivity index (χ3n) is 5.07. The van der Waals surface area contributed by atoms with E-state index in [0.29, 0.717) is 17.9 Å². The SMILES string of the molecule is OCc1cccc(-c2ccc(OCc3cc(C(F)(F)F)nn3C3=CC=CCC3Cl)cc2)c1. The zero-order valence-electron chi connectivity index (χ0n) is 16.9. The molecule has 1 aliphatic carbocycles. The number of aliphatic hydroxyl groups excluding tert-OH is 1. The van der Waals surface area contributed by atoms with E-state index in [1.54, 1.807) is 24.3 Å². The number of rotatable bonds is 6. The molecule has 0 radical (unpaired) electrons. The lowest BCUT2D eigenvalue weighted by atomic mass is 10.0. The maximum Gasteiger partial charge on any atom is 0.435 e. The normalized spacial score (nSPS) is 16.2. The van der Waals surface area contributed by atoms with Gasteiger partial charge in [0, 0.05) is 0 Å². The first-order chi connectivity index (χ1) is 15.3. The molecule has 2 aromatic carbocycles. The zero-order valence-corrected chi connectivity index (χ0v) is 17.6. The summed E-state index contributed by atoms with van der Waals surface area (Å²) in [4.78, 5) is 0. The molecule has 1 heterocycles. The van der Waals surface area contributed by atoms with E-state index in [2.05, 4.69) is 5.10 Å². The fraction of sp³-hybridized carbons (Fsp3) is 0.208. The molecular weight excluding hydrogens is 441 g/mol. The van der Waals surface area contributed by atoms with Crippen molar-refractivity contribution in [2.24, 2.45) is 0 Å². The Morgan fingerprint density at radius 2 is 1.88 bits per heavy atom. The highest BCUT2D eigenvalue weighted by Crippen LogP contribution is 2.32. The van der Waals surface area contributed by atoms with Crippen LogP contribution < -0.4 is 4.74 Å². The molecule has 0 saturated heterocycles. The van der Waals surface area contributed by atoms with Gasteiger partial charge in [0.25, 0.3) is 0 Å². The monoisotopic (exact) mass is 460 g/mol. The number of aromatic nitrogens is 2. The minimum atomic E-state index is -4.57. The van der Waals surface area contributed by atoms with Crippen molar-refractivity contribution in [1.29, 1.82) is 0 Å². The zero-order chi connectivity index (χ0) is 22.7. The maximum absolute atomic E-state index is 13.3. The van der Waals surface area contributed by atoms with Gasteiger partial charge in [0.05, 0.1) is 23.4 Å². The molecule has 1 unspecified atom stereocenters. The van der Waals surface area contributed by atoms with Crippen molar-refractivity contribution in [3.05, 3.63) is 89.8 Å². The molecule has 4 nitrogen and oxygen atoms in total. The van der Waals surface area contributed by atoms with Crippen molar-refractivity contribution in [2.75, 3.05) is 0 Å². The Kier molecular flexibility index (Phi) is 6.39. The molecule has 1 aliphatic rings. The summed E-state index contributed by atoms with van der Waals surface area (Å²) in [6, 6.07) is 15.7. The minimum Gasteiger partial charge on any atom is -0.487 e. The van der Waals surface area contributed by atoms with Gasteiger partial charge in [0.15, 0.2) is 5.69 Å². The van der Waals surface area contributed by atoms with E-state index in [1.807, 2.05) is 42.5 Å². The fourth-order valence-corrected chi connectivity index (χ4v) is 3.70. The van der Waals surface area contributed by atoms with Gasteiger partial charge < -0.3 is 9.84 Å². The quantitative estimate of drug-likeness (QED) is 0.456. The third kappa shape index (κ3) is 4.89. The molecule has 0 aliphatic heterocycles. The highest BCUT2D eigenvalue weighted by atomic mass is 35.5. The van der Waals surface area contributed by atoms with Crippen molar-refractivity contribution < 1.29 is 23.0 Å². The molecule has 0 spiro atoms. The number of aliphatic hydroxyl groups is 1. The average molecular weight is 461 g/mol. The maximum atomic E-state index is 13.3. The lowest BCUT2D eigenvalue weighted by molar-refractivity contribution is -0.141. The van der Waals surface area contributed by atoms with Crippen molar-refractivity contribution >= 4 is 17.3 Å². The first-order valence-electron chi connectivity index (χ1n) is 9.95. The van der Waals surface area contributed by atoms with E-state index in [-0.39, 0.29) is 18.9 Å². The molecule has 0 amide bonds. The van der Waals surface area contributed by atoms with Crippen molar-refractivity contribution in [1.82, 2.24) is 9.78 Å². The summed E-state index contributed by atoms with van der Waals surface area (Å²) in [5, 5.41) is 12.6. The number of hydrogen-bond acceptors (Lipinski definition) is 3. The molecule has 0 fully saturated rings. The van der Waals surface area contributed by atoms with Gasteiger partial charge in [-0.3, -0.25) is 0 Å². The van der Waals surface area contributed by atoms with Crippen LogP contribution in [0.4, 0.5) is 13.2 Å². The number of benzene rings is 2. The molecule has 32 heavy (non-hydrogen) atoms. The minimum absolute atomic E-state index is 0.0436. The summed E-state index contributed by atoms with van der Waals surface area (Å²) in [5.41, 5.74) is 2.42. The standard InChI is InChI=1S/C24H20ClF3N2O2/c25-21-6-1-2-7-22(21)30-19(13-23(29-30)24(26,27)28)15-32-20-10-8-17(9-11-20)18-5-3-4-16(12-18)14-31/h1-5,7-13,21,31H,6,14-15H2.